The van der Waals surface area contributed by atoms with Crippen molar-refractivity contribution < 1.29 is 28.8 Å². The number of esters is 1. The number of nitro benzene ring substituents is 1. The summed E-state index contributed by atoms with van der Waals surface area (Å²) in [7, 11) is 1.40. The smallest absolute Gasteiger partial charge is 0.350 e. The Balaban J connectivity index is 1.62. The molecule has 2 amide bonds. The minimum absolute atomic E-state index is 0.0919. The lowest BCUT2D eigenvalue weighted by atomic mass is 10.2. The van der Waals surface area contributed by atoms with E-state index in [9.17, 15) is 24.5 Å². The number of nitrogens with zero attached hydrogens (tertiary/aromatic N) is 2. The Morgan fingerprint density at radius 3 is 2.54 bits per heavy atom. The molecule has 0 heterocycles. The second-order valence-corrected chi connectivity index (χ2v) is 7.17. The summed E-state index contributed by atoms with van der Waals surface area (Å²) >= 11 is 5.90. The molecule has 0 bridgehead atoms. The van der Waals surface area contributed by atoms with Crippen LogP contribution in [0.1, 0.15) is 15.9 Å². The summed E-state index contributed by atoms with van der Waals surface area (Å²) in [6.07, 6.45) is 1.22. The highest BCUT2D eigenvalue weighted by Gasteiger charge is 2.21. The van der Waals surface area contributed by atoms with E-state index in [-0.39, 0.29) is 22.7 Å². The number of nitro groups is 1. The minimum Gasteiger partial charge on any atom is -0.495 e. The second kappa shape index (κ2) is 11.4. The number of methoxy groups -OCH3 is 1. The van der Waals surface area contributed by atoms with Crippen molar-refractivity contribution in [2.45, 2.75) is 0 Å². The number of hydrazone groups is 1. The average molecular weight is 497 g/mol. The number of ether oxygens (including phenoxy) is 2. The first-order chi connectivity index (χ1) is 16.8. The van der Waals surface area contributed by atoms with Gasteiger partial charge in [0.25, 0.3) is 5.69 Å². The molecule has 0 spiro atoms. The lowest BCUT2D eigenvalue weighted by Crippen LogP contribution is -2.32. The van der Waals surface area contributed by atoms with Crippen molar-refractivity contribution in [3.05, 3.63) is 93.0 Å². The van der Waals surface area contributed by atoms with Gasteiger partial charge in [0.15, 0.2) is 0 Å². The molecule has 0 saturated carbocycles. The van der Waals surface area contributed by atoms with Gasteiger partial charge in [0.2, 0.25) is 0 Å². The number of anilines is 1. The number of hydrogen-bond donors (Lipinski definition) is 2. The predicted molar refractivity (Wildman–Crippen MR) is 127 cm³/mol. The number of para-hydroxylation sites is 1. The maximum Gasteiger partial charge on any atom is 0.350 e. The molecule has 11 nitrogen and oxygen atoms in total. The van der Waals surface area contributed by atoms with E-state index in [1.165, 1.54) is 61.9 Å². The lowest BCUT2D eigenvalue weighted by molar-refractivity contribution is -0.385. The first-order valence-corrected chi connectivity index (χ1v) is 10.2. The first-order valence-electron chi connectivity index (χ1n) is 9.82. The van der Waals surface area contributed by atoms with Crippen molar-refractivity contribution >= 4 is 47.0 Å². The fourth-order valence-corrected chi connectivity index (χ4v) is 2.97. The molecule has 3 rings (SSSR count). The molecule has 0 unspecified atom stereocenters. The molecule has 0 aliphatic carbocycles. The van der Waals surface area contributed by atoms with Crippen molar-refractivity contribution in [2.24, 2.45) is 5.10 Å². The van der Waals surface area contributed by atoms with Crippen LogP contribution in [0.4, 0.5) is 11.4 Å². The maximum absolute atomic E-state index is 12.4. The molecule has 0 aromatic heterocycles. The number of amides is 2. The quantitative estimate of drug-likeness (QED) is 0.127. The van der Waals surface area contributed by atoms with Crippen LogP contribution in [-0.2, 0) is 9.59 Å². The van der Waals surface area contributed by atoms with Crippen molar-refractivity contribution in [1.29, 1.82) is 0 Å². The number of hydrogen-bond acceptors (Lipinski definition) is 8. The Hall–Kier alpha value is -4.77. The fraction of sp³-hybridized carbons (Fsp3) is 0.0435. The molecule has 2 N–H and O–H groups in total. The zero-order chi connectivity index (χ0) is 25.4. The summed E-state index contributed by atoms with van der Waals surface area (Å²) in [6.45, 7) is 0. The Labute approximate surface area is 203 Å². The van der Waals surface area contributed by atoms with E-state index in [2.05, 4.69) is 15.8 Å². The lowest BCUT2D eigenvalue weighted by Gasteiger charge is -2.09. The SMILES string of the molecule is COc1ccc(Cl)cc1NC(=O)C(=O)N/N=C/c1cccc(OC(=O)c2ccccc2[N+](=O)[O-])c1. The van der Waals surface area contributed by atoms with E-state index >= 15 is 0 Å². The molecule has 178 valence electrons. The molecule has 0 atom stereocenters. The number of nitrogens with one attached hydrogen (secondary N) is 2. The molecule has 0 fully saturated rings. The van der Waals surface area contributed by atoms with Crippen LogP contribution < -0.4 is 20.2 Å². The first kappa shape index (κ1) is 24.9. The molecule has 35 heavy (non-hydrogen) atoms. The summed E-state index contributed by atoms with van der Waals surface area (Å²) in [4.78, 5) is 47.0. The van der Waals surface area contributed by atoms with Gasteiger partial charge in [-0.1, -0.05) is 35.9 Å². The standard InChI is InChI=1S/C23H17ClN4O7/c1-34-20-10-9-15(24)12-18(20)26-21(29)22(30)27-25-13-14-5-4-6-16(11-14)35-23(31)17-7-2-3-8-19(17)28(32)33/h2-13H,1H3,(H,26,29)(H,27,30)/b25-13+. The molecular formula is C23H17ClN4O7. The number of rotatable bonds is 7. The number of halogens is 1. The Morgan fingerprint density at radius 1 is 1.03 bits per heavy atom. The topological polar surface area (TPSA) is 149 Å². The van der Waals surface area contributed by atoms with Gasteiger partial charge in [0, 0.05) is 11.1 Å². The van der Waals surface area contributed by atoms with Gasteiger partial charge in [-0.05, 0) is 42.0 Å². The highest BCUT2D eigenvalue weighted by atomic mass is 35.5. The van der Waals surface area contributed by atoms with E-state index in [0.717, 1.165) is 0 Å². The van der Waals surface area contributed by atoms with Gasteiger partial charge in [0.05, 0.1) is 23.9 Å². The zero-order valence-corrected chi connectivity index (χ0v) is 18.8. The summed E-state index contributed by atoms with van der Waals surface area (Å²) < 4.78 is 10.3. The molecule has 3 aromatic rings. The van der Waals surface area contributed by atoms with Crippen LogP contribution in [-0.4, -0.2) is 36.0 Å². The molecule has 3 aromatic carbocycles. The van der Waals surface area contributed by atoms with Gasteiger partial charge in [-0.25, -0.2) is 10.2 Å². The third-order valence-electron chi connectivity index (χ3n) is 4.38. The molecule has 0 aliphatic heterocycles. The van der Waals surface area contributed by atoms with Gasteiger partial charge in [-0.15, -0.1) is 0 Å². The highest BCUT2D eigenvalue weighted by Crippen LogP contribution is 2.27. The number of carbonyl (C=O) groups is 3. The summed E-state index contributed by atoms with van der Waals surface area (Å²) in [5.41, 5.74) is 2.10. The molecular weight excluding hydrogens is 480 g/mol. The van der Waals surface area contributed by atoms with Gasteiger partial charge >= 0.3 is 17.8 Å². The van der Waals surface area contributed by atoms with E-state index in [1.807, 2.05) is 0 Å². The summed E-state index contributed by atoms with van der Waals surface area (Å²) in [5, 5.41) is 17.5. The largest absolute Gasteiger partial charge is 0.495 e. The van der Waals surface area contributed by atoms with E-state index in [1.54, 1.807) is 18.2 Å². The van der Waals surface area contributed by atoms with Gasteiger partial charge in [0.1, 0.15) is 17.1 Å². The van der Waals surface area contributed by atoms with Gasteiger partial charge in [-0.3, -0.25) is 19.7 Å². The highest BCUT2D eigenvalue weighted by molar-refractivity contribution is 6.40. The minimum atomic E-state index is -1.05. The second-order valence-electron chi connectivity index (χ2n) is 6.73. The van der Waals surface area contributed by atoms with Gasteiger partial charge in [-0.2, -0.15) is 5.10 Å². The Bertz CT molecular complexity index is 1330. The van der Waals surface area contributed by atoms with Crippen LogP contribution in [0.3, 0.4) is 0 Å². The van der Waals surface area contributed by atoms with Crippen molar-refractivity contribution in [2.75, 3.05) is 12.4 Å². The van der Waals surface area contributed by atoms with Crippen molar-refractivity contribution in [3.63, 3.8) is 0 Å². The van der Waals surface area contributed by atoms with Crippen molar-refractivity contribution in [3.8, 4) is 11.5 Å². The van der Waals surface area contributed by atoms with Crippen LogP contribution in [0.5, 0.6) is 11.5 Å². The van der Waals surface area contributed by atoms with Crippen LogP contribution in [0, 0.1) is 10.1 Å². The summed E-state index contributed by atoms with van der Waals surface area (Å²) in [6, 6.07) is 15.9. The normalized spacial score (nSPS) is 10.5. The summed E-state index contributed by atoms with van der Waals surface area (Å²) in [5.74, 6) is -2.56. The molecule has 0 aliphatic rings. The van der Waals surface area contributed by atoms with Crippen LogP contribution in [0.15, 0.2) is 71.8 Å². The Morgan fingerprint density at radius 2 is 1.80 bits per heavy atom. The molecule has 0 saturated heterocycles. The van der Waals surface area contributed by atoms with E-state index in [0.29, 0.717) is 16.3 Å². The predicted octanol–water partition coefficient (Wildman–Crippen LogP) is 3.56. The third kappa shape index (κ3) is 6.62. The monoisotopic (exact) mass is 496 g/mol. The van der Waals surface area contributed by atoms with Crippen LogP contribution in [0.2, 0.25) is 5.02 Å². The Kier molecular flexibility index (Phi) is 8.09. The fourth-order valence-electron chi connectivity index (χ4n) is 2.80. The number of benzene rings is 3. The molecule has 0 radical (unpaired) electrons. The average Bonchev–Trinajstić information content (AvgIpc) is 2.84. The van der Waals surface area contributed by atoms with E-state index in [4.69, 9.17) is 21.1 Å². The van der Waals surface area contributed by atoms with Gasteiger partial charge < -0.3 is 14.8 Å². The number of carbonyl (C=O) groups excluding carboxylic acids is 3. The van der Waals surface area contributed by atoms with Crippen LogP contribution >= 0.6 is 11.6 Å². The van der Waals surface area contributed by atoms with Crippen LogP contribution in [0.25, 0.3) is 0 Å². The third-order valence-corrected chi connectivity index (χ3v) is 4.62. The molecule has 12 heteroatoms. The van der Waals surface area contributed by atoms with Crippen molar-refractivity contribution in [1.82, 2.24) is 5.43 Å². The van der Waals surface area contributed by atoms with E-state index < -0.39 is 22.7 Å². The maximum atomic E-state index is 12.4. The zero-order valence-electron chi connectivity index (χ0n) is 18.1.